The zero-order chi connectivity index (χ0) is 15.6. The van der Waals surface area contributed by atoms with E-state index in [1.807, 2.05) is 31.2 Å². The van der Waals surface area contributed by atoms with E-state index < -0.39 is 0 Å². The predicted octanol–water partition coefficient (Wildman–Crippen LogP) is 1.58. The molecule has 0 unspecified atom stereocenters. The summed E-state index contributed by atoms with van der Waals surface area (Å²) < 4.78 is 1.61. The maximum atomic E-state index is 12.4. The van der Waals surface area contributed by atoms with Crippen molar-refractivity contribution in [1.82, 2.24) is 20.3 Å². The van der Waals surface area contributed by atoms with Gasteiger partial charge in [0.05, 0.1) is 17.4 Å². The number of nitrogens with one attached hydrogen (secondary N) is 1. The van der Waals surface area contributed by atoms with E-state index >= 15 is 0 Å². The molecule has 1 aliphatic rings. The Bertz CT molecular complexity index is 655. The Labute approximate surface area is 129 Å². The number of carbonyl (C=O) groups excluding carboxylic acids is 1. The Kier molecular flexibility index (Phi) is 3.94. The lowest BCUT2D eigenvalue weighted by molar-refractivity contribution is 0.0898. The number of aromatic nitrogens is 3. The van der Waals surface area contributed by atoms with Crippen LogP contribution in [0.5, 0.6) is 0 Å². The Balaban J connectivity index is 1.75. The summed E-state index contributed by atoms with van der Waals surface area (Å²) in [6.45, 7) is 2.49. The van der Waals surface area contributed by atoms with Gasteiger partial charge in [-0.2, -0.15) is 0 Å². The molecule has 6 nitrogen and oxygen atoms in total. The predicted molar refractivity (Wildman–Crippen MR) is 83.8 cm³/mol. The minimum absolute atomic E-state index is 0.203. The summed E-state index contributed by atoms with van der Waals surface area (Å²) in [6, 6.07) is 7.89. The molecule has 3 rings (SSSR count). The van der Waals surface area contributed by atoms with E-state index in [2.05, 4.69) is 15.6 Å². The van der Waals surface area contributed by atoms with Crippen LogP contribution in [-0.4, -0.2) is 33.0 Å². The highest BCUT2D eigenvalue weighted by Crippen LogP contribution is 2.28. The van der Waals surface area contributed by atoms with Crippen LogP contribution in [0, 0.1) is 6.92 Å². The fraction of sp³-hybridized carbons (Fsp3) is 0.438. The molecule has 6 heteroatoms. The van der Waals surface area contributed by atoms with Gasteiger partial charge in [-0.05, 0) is 31.9 Å². The first kappa shape index (κ1) is 14.7. The van der Waals surface area contributed by atoms with E-state index in [4.69, 9.17) is 5.73 Å². The summed E-state index contributed by atoms with van der Waals surface area (Å²) in [5.41, 5.74) is 7.95. The quantitative estimate of drug-likeness (QED) is 0.897. The number of nitrogens with zero attached hydrogens (tertiary/aromatic N) is 3. The molecule has 0 radical (unpaired) electrons. The van der Waals surface area contributed by atoms with Gasteiger partial charge >= 0.3 is 0 Å². The molecule has 1 aromatic carbocycles. The summed E-state index contributed by atoms with van der Waals surface area (Å²) in [5.74, 6) is -0.203. The maximum Gasteiger partial charge on any atom is 0.273 e. The molecule has 0 aliphatic heterocycles. The van der Waals surface area contributed by atoms with Crippen LogP contribution < -0.4 is 11.1 Å². The van der Waals surface area contributed by atoms with Gasteiger partial charge in [0.2, 0.25) is 0 Å². The molecule has 0 saturated heterocycles. The number of benzene rings is 1. The highest BCUT2D eigenvalue weighted by Gasteiger charge is 2.34. The van der Waals surface area contributed by atoms with Crippen LogP contribution in [0.3, 0.4) is 0 Å². The second kappa shape index (κ2) is 5.88. The molecule has 0 spiro atoms. The van der Waals surface area contributed by atoms with Crippen LogP contribution in [0.15, 0.2) is 30.5 Å². The fourth-order valence-corrected chi connectivity index (χ4v) is 2.93. The van der Waals surface area contributed by atoms with Crippen LogP contribution in [0.25, 0.3) is 5.69 Å². The Morgan fingerprint density at radius 3 is 2.64 bits per heavy atom. The third-order valence-electron chi connectivity index (χ3n) is 4.35. The molecule has 1 fully saturated rings. The van der Waals surface area contributed by atoms with E-state index in [9.17, 15) is 4.79 Å². The van der Waals surface area contributed by atoms with Gasteiger partial charge in [0.25, 0.3) is 5.91 Å². The fourth-order valence-electron chi connectivity index (χ4n) is 2.93. The summed E-state index contributed by atoms with van der Waals surface area (Å²) in [4.78, 5) is 12.4. The van der Waals surface area contributed by atoms with Crippen LogP contribution in [0.2, 0.25) is 0 Å². The average Bonchev–Trinajstić information content (AvgIpc) is 3.18. The van der Waals surface area contributed by atoms with Gasteiger partial charge in [-0.3, -0.25) is 4.79 Å². The van der Waals surface area contributed by atoms with Crippen molar-refractivity contribution in [2.75, 3.05) is 6.54 Å². The Morgan fingerprint density at radius 1 is 1.32 bits per heavy atom. The number of rotatable bonds is 4. The van der Waals surface area contributed by atoms with Crippen molar-refractivity contribution >= 4 is 5.91 Å². The normalized spacial score (nSPS) is 16.6. The number of hydrogen-bond donors (Lipinski definition) is 2. The van der Waals surface area contributed by atoms with E-state index in [0.717, 1.165) is 31.4 Å². The van der Waals surface area contributed by atoms with Crippen molar-refractivity contribution in [2.45, 2.75) is 38.1 Å². The van der Waals surface area contributed by atoms with Crippen molar-refractivity contribution in [3.63, 3.8) is 0 Å². The first-order valence-electron chi connectivity index (χ1n) is 7.64. The van der Waals surface area contributed by atoms with Gasteiger partial charge < -0.3 is 11.1 Å². The molecular weight excluding hydrogens is 278 g/mol. The maximum absolute atomic E-state index is 12.4. The second-order valence-corrected chi connectivity index (χ2v) is 6.03. The molecule has 1 heterocycles. The lowest BCUT2D eigenvalue weighted by Gasteiger charge is -2.28. The second-order valence-electron chi connectivity index (χ2n) is 6.03. The molecule has 0 atom stereocenters. The highest BCUT2D eigenvalue weighted by molar-refractivity contribution is 5.92. The lowest BCUT2D eigenvalue weighted by Crippen LogP contribution is -2.51. The monoisotopic (exact) mass is 299 g/mol. The van der Waals surface area contributed by atoms with Gasteiger partial charge in [-0.15, -0.1) is 5.10 Å². The molecule has 2 aromatic rings. The lowest BCUT2D eigenvalue weighted by atomic mass is 9.98. The molecule has 22 heavy (non-hydrogen) atoms. The van der Waals surface area contributed by atoms with Gasteiger partial charge in [0.1, 0.15) is 0 Å². The number of amides is 1. The van der Waals surface area contributed by atoms with Crippen molar-refractivity contribution in [3.8, 4) is 5.69 Å². The highest BCUT2D eigenvalue weighted by atomic mass is 16.2. The van der Waals surface area contributed by atoms with Crippen LogP contribution >= 0.6 is 0 Å². The number of nitrogens with two attached hydrogens (primary N) is 1. The van der Waals surface area contributed by atoms with Gasteiger partial charge in [0, 0.05) is 6.54 Å². The molecule has 3 N–H and O–H groups in total. The van der Waals surface area contributed by atoms with Gasteiger partial charge in [-0.1, -0.05) is 35.8 Å². The molecule has 1 saturated carbocycles. The van der Waals surface area contributed by atoms with Gasteiger partial charge in [0.15, 0.2) is 5.69 Å². The van der Waals surface area contributed by atoms with E-state index in [-0.39, 0.29) is 11.4 Å². The standard InChI is InChI=1S/C16H21N5O/c1-12-4-6-13(7-5-12)21-10-14(19-20-21)15(22)18-16(11-17)8-2-3-9-16/h4-7,10H,2-3,8-9,11,17H2,1H3,(H,18,22). The minimum Gasteiger partial charge on any atom is -0.344 e. The van der Waals surface area contributed by atoms with Crippen LogP contribution in [0.4, 0.5) is 0 Å². The average molecular weight is 299 g/mol. The van der Waals surface area contributed by atoms with Crippen molar-refractivity contribution in [3.05, 3.63) is 41.7 Å². The number of hydrogen-bond acceptors (Lipinski definition) is 4. The number of carbonyl (C=O) groups is 1. The van der Waals surface area contributed by atoms with E-state index in [1.165, 1.54) is 5.56 Å². The third-order valence-corrected chi connectivity index (χ3v) is 4.35. The molecule has 1 aromatic heterocycles. The summed E-state index contributed by atoms with van der Waals surface area (Å²) >= 11 is 0. The first-order valence-corrected chi connectivity index (χ1v) is 7.64. The zero-order valence-electron chi connectivity index (χ0n) is 12.7. The van der Waals surface area contributed by atoms with Crippen molar-refractivity contribution < 1.29 is 4.79 Å². The summed E-state index contributed by atoms with van der Waals surface area (Å²) in [6.07, 6.45) is 5.73. The summed E-state index contributed by atoms with van der Waals surface area (Å²) in [7, 11) is 0. The zero-order valence-corrected chi connectivity index (χ0v) is 12.7. The van der Waals surface area contributed by atoms with Crippen molar-refractivity contribution in [2.24, 2.45) is 5.73 Å². The molecule has 0 bridgehead atoms. The van der Waals surface area contributed by atoms with Crippen molar-refractivity contribution in [1.29, 1.82) is 0 Å². The van der Waals surface area contributed by atoms with Gasteiger partial charge in [-0.25, -0.2) is 4.68 Å². The topological polar surface area (TPSA) is 85.8 Å². The first-order chi connectivity index (χ1) is 10.6. The largest absolute Gasteiger partial charge is 0.344 e. The minimum atomic E-state index is -0.273. The molecule has 1 aliphatic carbocycles. The number of aryl methyl sites for hydroxylation is 1. The van der Waals surface area contributed by atoms with E-state index in [0.29, 0.717) is 12.2 Å². The van der Waals surface area contributed by atoms with E-state index in [1.54, 1.807) is 10.9 Å². The third kappa shape index (κ3) is 2.87. The SMILES string of the molecule is Cc1ccc(-n2cc(C(=O)NC3(CN)CCCC3)nn2)cc1. The Hall–Kier alpha value is -2.21. The van der Waals surface area contributed by atoms with Crippen LogP contribution in [-0.2, 0) is 0 Å². The Morgan fingerprint density at radius 2 is 2.00 bits per heavy atom. The molecule has 1 amide bonds. The smallest absolute Gasteiger partial charge is 0.273 e. The molecule has 116 valence electrons. The summed E-state index contributed by atoms with van der Waals surface area (Å²) in [5, 5.41) is 11.1. The molecular formula is C16H21N5O. The van der Waals surface area contributed by atoms with Crippen LogP contribution in [0.1, 0.15) is 41.7 Å².